The number of hydrogen-bond acceptors (Lipinski definition) is 3. The van der Waals surface area contributed by atoms with Gasteiger partial charge < -0.3 is 4.74 Å². The number of hydrogen-bond donors (Lipinski definition) is 0. The SMILES string of the molecule is Cc1cc(OC2CCCCC2C)nc(Cl)n1. The molecule has 2 atom stereocenters. The standard InChI is InChI=1S/C12H17ClN2O/c1-8-5-3-4-6-10(8)16-11-7-9(2)14-12(13)15-11/h7-8,10H,3-6H2,1-2H3. The summed E-state index contributed by atoms with van der Waals surface area (Å²) in [7, 11) is 0. The van der Waals surface area contributed by atoms with Crippen molar-refractivity contribution in [1.82, 2.24) is 9.97 Å². The van der Waals surface area contributed by atoms with Crippen molar-refractivity contribution in [3.63, 3.8) is 0 Å². The molecule has 0 saturated heterocycles. The number of nitrogens with zero attached hydrogens (tertiary/aromatic N) is 2. The van der Waals surface area contributed by atoms with E-state index in [4.69, 9.17) is 16.3 Å². The fourth-order valence-electron chi connectivity index (χ4n) is 2.18. The van der Waals surface area contributed by atoms with E-state index in [1.54, 1.807) is 0 Å². The van der Waals surface area contributed by atoms with Gasteiger partial charge in [0.05, 0.1) is 0 Å². The second kappa shape index (κ2) is 5.00. The lowest BCUT2D eigenvalue weighted by Crippen LogP contribution is -2.28. The minimum Gasteiger partial charge on any atom is -0.474 e. The van der Waals surface area contributed by atoms with Crippen molar-refractivity contribution in [2.45, 2.75) is 45.6 Å². The smallest absolute Gasteiger partial charge is 0.225 e. The molecule has 0 aliphatic heterocycles. The topological polar surface area (TPSA) is 35.0 Å². The van der Waals surface area contributed by atoms with E-state index in [1.165, 1.54) is 19.3 Å². The van der Waals surface area contributed by atoms with Crippen LogP contribution in [-0.4, -0.2) is 16.1 Å². The first-order chi connectivity index (χ1) is 7.65. The van der Waals surface area contributed by atoms with Crippen LogP contribution in [0.5, 0.6) is 5.88 Å². The normalized spacial score (nSPS) is 25.4. The van der Waals surface area contributed by atoms with Gasteiger partial charge in [-0.25, -0.2) is 4.98 Å². The van der Waals surface area contributed by atoms with Gasteiger partial charge in [-0.2, -0.15) is 4.98 Å². The zero-order valence-corrected chi connectivity index (χ0v) is 10.5. The predicted molar refractivity (Wildman–Crippen MR) is 63.8 cm³/mol. The third-order valence-corrected chi connectivity index (χ3v) is 3.28. The Balaban J connectivity index is 2.07. The van der Waals surface area contributed by atoms with E-state index >= 15 is 0 Å². The van der Waals surface area contributed by atoms with Gasteiger partial charge in [0, 0.05) is 11.8 Å². The Kier molecular flexibility index (Phi) is 3.64. The van der Waals surface area contributed by atoms with Crippen LogP contribution in [0.25, 0.3) is 0 Å². The molecule has 0 radical (unpaired) electrons. The lowest BCUT2D eigenvalue weighted by atomic mass is 9.88. The van der Waals surface area contributed by atoms with Crippen LogP contribution in [0.15, 0.2) is 6.07 Å². The monoisotopic (exact) mass is 240 g/mol. The third-order valence-electron chi connectivity index (χ3n) is 3.11. The molecule has 1 aliphatic rings. The van der Waals surface area contributed by atoms with E-state index in [9.17, 15) is 0 Å². The van der Waals surface area contributed by atoms with Crippen LogP contribution in [0, 0.1) is 12.8 Å². The largest absolute Gasteiger partial charge is 0.474 e. The van der Waals surface area contributed by atoms with Crippen molar-refractivity contribution < 1.29 is 4.74 Å². The molecule has 1 saturated carbocycles. The second-order valence-electron chi connectivity index (χ2n) is 4.53. The average molecular weight is 241 g/mol. The van der Waals surface area contributed by atoms with E-state index in [2.05, 4.69) is 16.9 Å². The number of aromatic nitrogens is 2. The molecule has 2 rings (SSSR count). The molecule has 0 spiro atoms. The molecule has 1 aromatic heterocycles. The second-order valence-corrected chi connectivity index (χ2v) is 4.87. The molecule has 2 unspecified atom stereocenters. The molecule has 88 valence electrons. The van der Waals surface area contributed by atoms with Crippen LogP contribution < -0.4 is 4.74 Å². The van der Waals surface area contributed by atoms with Gasteiger partial charge in [0.25, 0.3) is 0 Å². The highest BCUT2D eigenvalue weighted by atomic mass is 35.5. The van der Waals surface area contributed by atoms with Crippen LogP contribution in [0.3, 0.4) is 0 Å². The Morgan fingerprint density at radius 2 is 2.06 bits per heavy atom. The summed E-state index contributed by atoms with van der Waals surface area (Å²) in [5.74, 6) is 1.21. The fraction of sp³-hybridized carbons (Fsp3) is 0.667. The molecule has 1 aromatic rings. The quantitative estimate of drug-likeness (QED) is 0.744. The van der Waals surface area contributed by atoms with Crippen molar-refractivity contribution in [3.05, 3.63) is 17.0 Å². The van der Waals surface area contributed by atoms with Crippen molar-refractivity contribution >= 4 is 11.6 Å². The lowest BCUT2D eigenvalue weighted by molar-refractivity contribution is 0.0973. The van der Waals surface area contributed by atoms with E-state index in [1.807, 2.05) is 13.0 Å². The van der Waals surface area contributed by atoms with Gasteiger partial charge in [-0.3, -0.25) is 0 Å². The maximum absolute atomic E-state index is 5.89. The third kappa shape index (κ3) is 2.85. The van der Waals surface area contributed by atoms with Gasteiger partial charge in [0.1, 0.15) is 6.10 Å². The van der Waals surface area contributed by atoms with Crippen LogP contribution in [0.2, 0.25) is 5.28 Å². The van der Waals surface area contributed by atoms with Gasteiger partial charge in [-0.1, -0.05) is 13.3 Å². The molecular weight excluding hydrogens is 224 g/mol. The summed E-state index contributed by atoms with van der Waals surface area (Å²) in [6, 6.07) is 1.84. The van der Waals surface area contributed by atoms with Crippen LogP contribution in [0.1, 0.15) is 38.3 Å². The summed E-state index contributed by atoms with van der Waals surface area (Å²) in [6.45, 7) is 4.13. The molecule has 0 N–H and O–H groups in total. The first-order valence-electron chi connectivity index (χ1n) is 5.83. The molecule has 4 heteroatoms. The van der Waals surface area contributed by atoms with E-state index < -0.39 is 0 Å². The Morgan fingerprint density at radius 3 is 2.75 bits per heavy atom. The van der Waals surface area contributed by atoms with E-state index in [-0.39, 0.29) is 11.4 Å². The van der Waals surface area contributed by atoms with Crippen LogP contribution >= 0.6 is 11.6 Å². The molecule has 0 aromatic carbocycles. The molecule has 1 aliphatic carbocycles. The Morgan fingerprint density at radius 1 is 1.31 bits per heavy atom. The van der Waals surface area contributed by atoms with Crippen LogP contribution in [0.4, 0.5) is 0 Å². The Hall–Kier alpha value is -0.830. The van der Waals surface area contributed by atoms with Crippen LogP contribution in [-0.2, 0) is 0 Å². The van der Waals surface area contributed by atoms with Crippen molar-refractivity contribution in [1.29, 1.82) is 0 Å². The van der Waals surface area contributed by atoms with E-state index in [0.29, 0.717) is 11.8 Å². The van der Waals surface area contributed by atoms with Crippen molar-refractivity contribution in [2.75, 3.05) is 0 Å². The summed E-state index contributed by atoms with van der Waals surface area (Å²) >= 11 is 5.80. The molecular formula is C12H17ClN2O. The van der Waals surface area contributed by atoms with E-state index in [0.717, 1.165) is 12.1 Å². The summed E-state index contributed by atoms with van der Waals surface area (Å²) in [5.41, 5.74) is 0.846. The van der Waals surface area contributed by atoms with Gasteiger partial charge in [0.15, 0.2) is 0 Å². The highest BCUT2D eigenvalue weighted by Crippen LogP contribution is 2.27. The summed E-state index contributed by atoms with van der Waals surface area (Å²) < 4.78 is 5.89. The summed E-state index contributed by atoms with van der Waals surface area (Å²) in [5, 5.41) is 0.262. The molecule has 0 amide bonds. The van der Waals surface area contributed by atoms with Crippen molar-refractivity contribution in [2.24, 2.45) is 5.92 Å². The highest BCUT2D eigenvalue weighted by Gasteiger charge is 2.23. The Bertz CT molecular complexity index is 350. The maximum atomic E-state index is 5.89. The minimum atomic E-state index is 0.262. The lowest BCUT2D eigenvalue weighted by Gasteiger charge is -2.28. The number of rotatable bonds is 2. The summed E-state index contributed by atoms with van der Waals surface area (Å²) in [4.78, 5) is 8.12. The number of halogens is 1. The minimum absolute atomic E-state index is 0.262. The molecule has 1 heterocycles. The molecule has 1 fully saturated rings. The average Bonchev–Trinajstić information content (AvgIpc) is 2.20. The first-order valence-corrected chi connectivity index (χ1v) is 6.21. The highest BCUT2D eigenvalue weighted by molar-refractivity contribution is 6.28. The predicted octanol–water partition coefficient (Wildman–Crippen LogP) is 3.40. The Labute approximate surface area is 101 Å². The van der Waals surface area contributed by atoms with Gasteiger partial charge in [0.2, 0.25) is 11.2 Å². The van der Waals surface area contributed by atoms with Crippen molar-refractivity contribution in [3.8, 4) is 5.88 Å². The maximum Gasteiger partial charge on any atom is 0.225 e. The molecule has 0 bridgehead atoms. The van der Waals surface area contributed by atoms with Gasteiger partial charge in [-0.15, -0.1) is 0 Å². The first kappa shape index (κ1) is 11.6. The summed E-state index contributed by atoms with van der Waals surface area (Å²) in [6.07, 6.45) is 5.18. The van der Waals surface area contributed by atoms with Gasteiger partial charge in [-0.05, 0) is 43.7 Å². The zero-order chi connectivity index (χ0) is 11.5. The number of ether oxygens (including phenoxy) is 1. The van der Waals surface area contributed by atoms with Gasteiger partial charge >= 0.3 is 0 Å². The number of aryl methyl sites for hydroxylation is 1. The fourth-order valence-corrected chi connectivity index (χ4v) is 2.39. The molecule has 3 nitrogen and oxygen atoms in total. The zero-order valence-electron chi connectivity index (χ0n) is 9.74. The molecule has 16 heavy (non-hydrogen) atoms.